The van der Waals surface area contributed by atoms with E-state index in [1.54, 1.807) is 10.8 Å². The van der Waals surface area contributed by atoms with Crippen LogP contribution in [0.1, 0.15) is 35.8 Å². The maximum absolute atomic E-state index is 12.8. The van der Waals surface area contributed by atoms with E-state index in [-0.39, 0.29) is 17.7 Å². The van der Waals surface area contributed by atoms with Gasteiger partial charge in [-0.3, -0.25) is 4.79 Å². The summed E-state index contributed by atoms with van der Waals surface area (Å²) in [7, 11) is 1.33. The second-order valence-corrected chi connectivity index (χ2v) is 8.73. The minimum Gasteiger partial charge on any atom is -0.464 e. The molecule has 1 atom stereocenters. The quantitative estimate of drug-likeness (QED) is 0.378. The van der Waals surface area contributed by atoms with Crippen LogP contribution in [0.25, 0.3) is 21.8 Å². The lowest BCUT2D eigenvalue weighted by atomic mass is 10.0. The van der Waals surface area contributed by atoms with Crippen LogP contribution in [0.2, 0.25) is 0 Å². The second kappa shape index (κ2) is 9.76. The highest BCUT2D eigenvalue weighted by Gasteiger charge is 2.28. The largest absolute Gasteiger partial charge is 0.464 e. The fraction of sp³-hybridized carbons (Fsp3) is 0.296. The first-order valence-electron chi connectivity index (χ1n) is 11.8. The van der Waals surface area contributed by atoms with Gasteiger partial charge in [0.25, 0.3) is 0 Å². The normalized spacial score (nSPS) is 15.4. The average molecular weight is 473 g/mol. The number of carbonyl (C=O) groups is 2. The van der Waals surface area contributed by atoms with E-state index in [1.165, 1.54) is 24.8 Å². The van der Waals surface area contributed by atoms with Gasteiger partial charge in [0.15, 0.2) is 5.69 Å². The first-order valence-corrected chi connectivity index (χ1v) is 11.8. The Kier molecular flexibility index (Phi) is 6.37. The van der Waals surface area contributed by atoms with E-state index in [2.05, 4.69) is 39.9 Å². The standard InChI is InChI=1S/C27H28N4O4/c1-17(32)30-24-23-13-20(28-14-19-9-5-8-18-7-3-4-11-22(18)19)15-29-26(23)31(25(24)27(33)34-2)16-21-10-6-12-35-21/h3-5,7-9,11,13,15,21,28H,6,10,12,14,16H2,1-2H3,(H,30,32). The van der Waals surface area contributed by atoms with Gasteiger partial charge in [-0.05, 0) is 35.2 Å². The van der Waals surface area contributed by atoms with Gasteiger partial charge in [0.2, 0.25) is 5.91 Å². The molecule has 0 bridgehead atoms. The molecule has 5 rings (SSSR count). The number of fused-ring (bicyclic) bond motifs is 2. The van der Waals surface area contributed by atoms with E-state index in [4.69, 9.17) is 9.47 Å². The monoisotopic (exact) mass is 472 g/mol. The Morgan fingerprint density at radius 3 is 2.77 bits per heavy atom. The van der Waals surface area contributed by atoms with Crippen molar-refractivity contribution in [3.63, 3.8) is 0 Å². The van der Waals surface area contributed by atoms with Crippen molar-refractivity contribution >= 4 is 45.1 Å². The highest BCUT2D eigenvalue weighted by Crippen LogP contribution is 2.34. The van der Waals surface area contributed by atoms with Crippen molar-refractivity contribution in [1.29, 1.82) is 0 Å². The number of nitrogens with one attached hydrogen (secondary N) is 2. The molecule has 180 valence electrons. The number of esters is 1. The summed E-state index contributed by atoms with van der Waals surface area (Å²) in [6.45, 7) is 3.17. The molecule has 4 aromatic rings. The zero-order valence-corrected chi connectivity index (χ0v) is 19.8. The molecule has 1 saturated heterocycles. The average Bonchev–Trinajstić information content (AvgIpc) is 3.48. The van der Waals surface area contributed by atoms with Gasteiger partial charge in [-0.25, -0.2) is 9.78 Å². The lowest BCUT2D eigenvalue weighted by molar-refractivity contribution is -0.114. The van der Waals surface area contributed by atoms with Crippen LogP contribution >= 0.6 is 0 Å². The maximum atomic E-state index is 12.8. The van der Waals surface area contributed by atoms with Crippen LogP contribution in [0.5, 0.6) is 0 Å². The summed E-state index contributed by atoms with van der Waals surface area (Å²) >= 11 is 0. The molecule has 0 saturated carbocycles. The summed E-state index contributed by atoms with van der Waals surface area (Å²) in [5.74, 6) is -0.810. The van der Waals surface area contributed by atoms with E-state index < -0.39 is 5.97 Å². The third kappa shape index (κ3) is 4.57. The Balaban J connectivity index is 1.54. The topological polar surface area (TPSA) is 94.5 Å². The smallest absolute Gasteiger partial charge is 0.356 e. The van der Waals surface area contributed by atoms with Crippen molar-refractivity contribution in [2.45, 2.75) is 39.0 Å². The molecular weight excluding hydrogens is 444 g/mol. The highest BCUT2D eigenvalue weighted by molar-refractivity contribution is 6.11. The Morgan fingerprint density at radius 1 is 1.17 bits per heavy atom. The van der Waals surface area contributed by atoms with Gasteiger partial charge in [0.1, 0.15) is 5.65 Å². The van der Waals surface area contributed by atoms with Gasteiger partial charge in [-0.15, -0.1) is 0 Å². The minimum absolute atomic E-state index is 0.0230. The van der Waals surface area contributed by atoms with Gasteiger partial charge in [0.05, 0.1) is 37.3 Å². The van der Waals surface area contributed by atoms with Crippen LogP contribution in [0.15, 0.2) is 54.7 Å². The van der Waals surface area contributed by atoms with E-state index in [1.807, 2.05) is 24.3 Å². The number of ether oxygens (including phenoxy) is 2. The number of hydrogen-bond acceptors (Lipinski definition) is 6. The molecule has 8 heteroatoms. The molecular formula is C27H28N4O4. The molecule has 1 fully saturated rings. The van der Waals surface area contributed by atoms with Crippen LogP contribution in [0, 0.1) is 0 Å². The van der Waals surface area contributed by atoms with E-state index in [0.717, 1.165) is 24.1 Å². The molecule has 1 unspecified atom stereocenters. The fourth-order valence-corrected chi connectivity index (χ4v) is 4.75. The molecule has 2 N–H and O–H groups in total. The number of benzene rings is 2. The maximum Gasteiger partial charge on any atom is 0.356 e. The zero-order chi connectivity index (χ0) is 24.4. The lowest BCUT2D eigenvalue weighted by Crippen LogP contribution is -2.21. The summed E-state index contributed by atoms with van der Waals surface area (Å²) in [5, 5.41) is 9.32. The summed E-state index contributed by atoms with van der Waals surface area (Å²) in [6.07, 6.45) is 3.61. The molecule has 1 amide bonds. The number of rotatable bonds is 7. The molecule has 35 heavy (non-hydrogen) atoms. The van der Waals surface area contributed by atoms with Gasteiger partial charge in [0, 0.05) is 25.5 Å². The summed E-state index contributed by atoms with van der Waals surface area (Å²) in [5.41, 5.74) is 3.21. The molecule has 2 aromatic heterocycles. The number of amides is 1. The summed E-state index contributed by atoms with van der Waals surface area (Å²) in [6, 6.07) is 16.4. The Morgan fingerprint density at radius 2 is 2.00 bits per heavy atom. The third-order valence-electron chi connectivity index (χ3n) is 6.35. The van der Waals surface area contributed by atoms with Gasteiger partial charge in [-0.1, -0.05) is 42.5 Å². The predicted octanol–water partition coefficient (Wildman–Crippen LogP) is 4.73. The van der Waals surface area contributed by atoms with Crippen LogP contribution < -0.4 is 10.6 Å². The van der Waals surface area contributed by atoms with E-state index in [0.29, 0.717) is 36.4 Å². The van der Waals surface area contributed by atoms with Crippen molar-refractivity contribution in [3.05, 3.63) is 66.0 Å². The Bertz CT molecular complexity index is 1400. The molecule has 1 aliphatic heterocycles. The number of nitrogens with zero attached hydrogens (tertiary/aromatic N) is 2. The molecule has 3 heterocycles. The molecule has 0 aliphatic carbocycles. The lowest BCUT2D eigenvalue weighted by Gasteiger charge is -2.14. The number of carbonyl (C=O) groups excluding carboxylic acids is 2. The van der Waals surface area contributed by atoms with Crippen molar-refractivity contribution in [2.24, 2.45) is 0 Å². The number of hydrogen-bond donors (Lipinski definition) is 2. The SMILES string of the molecule is COC(=O)c1c(NC(C)=O)c2cc(NCc3cccc4ccccc34)cnc2n1CC1CCCO1. The molecule has 8 nitrogen and oxygen atoms in total. The third-order valence-corrected chi connectivity index (χ3v) is 6.35. The van der Waals surface area contributed by atoms with E-state index in [9.17, 15) is 9.59 Å². The second-order valence-electron chi connectivity index (χ2n) is 8.73. The van der Waals surface area contributed by atoms with Crippen LogP contribution in [0.4, 0.5) is 11.4 Å². The molecule has 0 radical (unpaired) electrons. The van der Waals surface area contributed by atoms with Crippen molar-refractivity contribution in [1.82, 2.24) is 9.55 Å². The van der Waals surface area contributed by atoms with Crippen LogP contribution in [-0.4, -0.2) is 41.2 Å². The van der Waals surface area contributed by atoms with Gasteiger partial charge in [-0.2, -0.15) is 0 Å². The minimum atomic E-state index is -0.532. The van der Waals surface area contributed by atoms with Crippen LogP contribution in [0.3, 0.4) is 0 Å². The molecule has 1 aliphatic rings. The summed E-state index contributed by atoms with van der Waals surface area (Å²) in [4.78, 5) is 29.6. The first kappa shape index (κ1) is 22.9. The fourth-order valence-electron chi connectivity index (χ4n) is 4.75. The van der Waals surface area contributed by atoms with Gasteiger partial charge < -0.3 is 24.7 Å². The van der Waals surface area contributed by atoms with Crippen molar-refractivity contribution in [3.8, 4) is 0 Å². The van der Waals surface area contributed by atoms with Crippen molar-refractivity contribution in [2.75, 3.05) is 24.4 Å². The highest BCUT2D eigenvalue weighted by atomic mass is 16.5. The van der Waals surface area contributed by atoms with Crippen molar-refractivity contribution < 1.29 is 19.1 Å². The van der Waals surface area contributed by atoms with Gasteiger partial charge >= 0.3 is 5.97 Å². The molecule has 2 aromatic carbocycles. The Hall–Kier alpha value is -3.91. The number of methoxy groups -OCH3 is 1. The van der Waals surface area contributed by atoms with E-state index >= 15 is 0 Å². The van der Waals surface area contributed by atoms with Crippen LogP contribution in [-0.2, 0) is 27.4 Å². The Labute approximate surface area is 203 Å². The molecule has 0 spiro atoms. The predicted molar refractivity (Wildman–Crippen MR) is 136 cm³/mol. The summed E-state index contributed by atoms with van der Waals surface area (Å²) < 4.78 is 12.7. The first-order chi connectivity index (χ1) is 17.0. The number of aromatic nitrogens is 2. The number of pyridine rings is 1. The number of anilines is 2. The zero-order valence-electron chi connectivity index (χ0n) is 19.8.